The molecule has 10 heteroatoms. The summed E-state index contributed by atoms with van der Waals surface area (Å²) in [7, 11) is 2.96. The molecule has 4 rings (SSSR count). The van der Waals surface area contributed by atoms with Crippen molar-refractivity contribution in [2.75, 3.05) is 19.1 Å². The van der Waals surface area contributed by atoms with Crippen LogP contribution < -0.4 is 9.64 Å². The molecule has 1 N–H and O–H groups in total. The number of carbonyl (C=O) groups is 2. The lowest BCUT2D eigenvalue weighted by Crippen LogP contribution is -2.35. The van der Waals surface area contributed by atoms with E-state index in [1.807, 2.05) is 30.3 Å². The number of amides is 1. The highest BCUT2D eigenvalue weighted by Gasteiger charge is 2.28. The minimum atomic E-state index is -1.09. The smallest absolute Gasteiger partial charge is 0.304 e. The lowest BCUT2D eigenvalue weighted by Gasteiger charge is -2.21. The van der Waals surface area contributed by atoms with E-state index in [0.29, 0.717) is 11.4 Å². The number of carbonyl (C=O) groups excluding carboxylic acids is 1. The van der Waals surface area contributed by atoms with Crippen LogP contribution in [0.2, 0.25) is 0 Å². The van der Waals surface area contributed by atoms with Crippen molar-refractivity contribution in [1.82, 2.24) is 9.97 Å². The molecule has 1 unspecified atom stereocenters. The van der Waals surface area contributed by atoms with E-state index in [1.165, 1.54) is 31.3 Å². The Kier molecular flexibility index (Phi) is 7.88. The van der Waals surface area contributed by atoms with Gasteiger partial charge in [0.2, 0.25) is 11.8 Å². The molecular formula is C27H23F2N3O4S. The average molecular weight is 524 g/mol. The fourth-order valence-electron chi connectivity index (χ4n) is 3.98. The van der Waals surface area contributed by atoms with Crippen molar-refractivity contribution in [3.63, 3.8) is 0 Å². The van der Waals surface area contributed by atoms with E-state index in [9.17, 15) is 23.5 Å². The van der Waals surface area contributed by atoms with Crippen LogP contribution in [0.1, 0.15) is 12.0 Å². The summed E-state index contributed by atoms with van der Waals surface area (Å²) in [6.07, 6.45) is 1.32. The number of anilines is 1. The van der Waals surface area contributed by atoms with Gasteiger partial charge in [-0.1, -0.05) is 30.3 Å². The van der Waals surface area contributed by atoms with Crippen molar-refractivity contribution in [2.45, 2.75) is 12.8 Å². The lowest BCUT2D eigenvalue weighted by molar-refractivity contribution is -0.140. The van der Waals surface area contributed by atoms with Gasteiger partial charge in [-0.15, -0.1) is 11.3 Å². The third-order valence-electron chi connectivity index (χ3n) is 5.77. The van der Waals surface area contributed by atoms with Crippen LogP contribution in [0, 0.1) is 17.6 Å². The van der Waals surface area contributed by atoms with Gasteiger partial charge in [0.25, 0.3) is 0 Å². The number of halogens is 2. The molecule has 1 amide bonds. The van der Waals surface area contributed by atoms with Crippen LogP contribution in [0.25, 0.3) is 22.4 Å². The maximum Gasteiger partial charge on any atom is 0.304 e. The Balaban J connectivity index is 1.65. The minimum absolute atomic E-state index is 0.107. The molecule has 4 aromatic rings. The Morgan fingerprint density at radius 2 is 1.89 bits per heavy atom. The van der Waals surface area contributed by atoms with Gasteiger partial charge in [0, 0.05) is 47.4 Å². The number of hydrogen-bond acceptors (Lipinski definition) is 6. The molecule has 0 saturated carbocycles. The number of aliphatic carboxylic acids is 1. The summed E-state index contributed by atoms with van der Waals surface area (Å²) in [6.45, 7) is 0. The molecule has 0 aliphatic carbocycles. The Bertz CT molecular complexity index is 1410. The van der Waals surface area contributed by atoms with Crippen LogP contribution in [0.3, 0.4) is 0 Å². The van der Waals surface area contributed by atoms with Crippen LogP contribution >= 0.6 is 11.3 Å². The van der Waals surface area contributed by atoms with Gasteiger partial charge in [0.1, 0.15) is 11.6 Å². The molecule has 2 aromatic carbocycles. The summed E-state index contributed by atoms with van der Waals surface area (Å²) in [5, 5.41) is 11.2. The Morgan fingerprint density at radius 3 is 2.54 bits per heavy atom. The molecular weight excluding hydrogens is 500 g/mol. The summed E-state index contributed by atoms with van der Waals surface area (Å²) in [4.78, 5) is 34.6. The van der Waals surface area contributed by atoms with E-state index >= 15 is 0 Å². The molecule has 0 saturated heterocycles. The molecule has 37 heavy (non-hydrogen) atoms. The molecule has 0 aliphatic rings. The van der Waals surface area contributed by atoms with Gasteiger partial charge < -0.3 is 9.84 Å². The number of methoxy groups -OCH3 is 1. The molecule has 0 bridgehead atoms. The second-order valence-corrected chi connectivity index (χ2v) is 9.13. The van der Waals surface area contributed by atoms with E-state index < -0.39 is 29.4 Å². The van der Waals surface area contributed by atoms with Crippen LogP contribution in [0.4, 0.5) is 13.9 Å². The highest BCUT2D eigenvalue weighted by atomic mass is 32.1. The number of ether oxygens (including phenoxy) is 1. The topological polar surface area (TPSA) is 92.6 Å². The Hall–Kier alpha value is -4.18. The summed E-state index contributed by atoms with van der Waals surface area (Å²) in [5.41, 5.74) is 1.80. The van der Waals surface area contributed by atoms with Gasteiger partial charge in [-0.2, -0.15) is 0 Å². The number of nitrogens with zero attached hydrogens (tertiary/aromatic N) is 3. The molecule has 0 aliphatic heterocycles. The van der Waals surface area contributed by atoms with Gasteiger partial charge in [-0.05, 0) is 24.1 Å². The van der Waals surface area contributed by atoms with E-state index in [2.05, 4.69) is 9.97 Å². The number of rotatable bonds is 9. The van der Waals surface area contributed by atoms with Gasteiger partial charge in [-0.25, -0.2) is 18.7 Å². The van der Waals surface area contributed by atoms with Crippen LogP contribution in [-0.4, -0.2) is 41.1 Å². The number of carboxylic acid groups (broad SMARTS) is 1. The average Bonchev–Trinajstić information content (AvgIpc) is 3.38. The van der Waals surface area contributed by atoms with Crippen molar-refractivity contribution in [1.29, 1.82) is 0 Å². The fraction of sp³-hybridized carbons (Fsp3) is 0.185. The first-order chi connectivity index (χ1) is 17.8. The van der Waals surface area contributed by atoms with Crippen LogP contribution in [-0.2, 0) is 16.0 Å². The predicted octanol–water partition coefficient (Wildman–Crippen LogP) is 5.46. The zero-order chi connectivity index (χ0) is 26.5. The summed E-state index contributed by atoms with van der Waals surface area (Å²) in [5.74, 6) is -3.54. The second kappa shape index (κ2) is 11.3. The van der Waals surface area contributed by atoms with Crippen LogP contribution in [0.5, 0.6) is 5.88 Å². The zero-order valence-corrected chi connectivity index (χ0v) is 20.8. The Morgan fingerprint density at radius 1 is 1.14 bits per heavy atom. The number of hydrogen-bond donors (Lipinski definition) is 1. The van der Waals surface area contributed by atoms with E-state index in [-0.39, 0.29) is 34.8 Å². The highest BCUT2D eigenvalue weighted by Crippen LogP contribution is 2.37. The third-order valence-corrected chi connectivity index (χ3v) is 6.69. The SMILES string of the molecule is COc1ccc(-c2c(F)cc(F)cc2-c2csc(N(C)C(=O)C(CC(=O)O)Cc3ccccc3)n2)cn1. The minimum Gasteiger partial charge on any atom is -0.481 e. The van der Waals surface area contributed by atoms with Crippen LogP contribution in [0.15, 0.2) is 66.2 Å². The standard InChI is InChI=1S/C27H23F2N3O4S/c1-32(26(35)18(11-24(33)34)10-16-6-4-3-5-7-16)27-31-22(15-37-27)20-12-19(28)13-21(29)25(20)17-8-9-23(36-2)30-14-17/h3-9,12-15,18H,10-11H2,1-2H3,(H,33,34). The molecule has 7 nitrogen and oxygen atoms in total. The maximum absolute atomic E-state index is 14.9. The predicted molar refractivity (Wildman–Crippen MR) is 137 cm³/mol. The molecule has 0 radical (unpaired) electrons. The van der Waals surface area contributed by atoms with E-state index in [0.717, 1.165) is 23.0 Å². The third kappa shape index (κ3) is 5.97. The molecule has 0 fully saturated rings. The normalized spacial score (nSPS) is 11.7. The number of benzene rings is 2. The van der Waals surface area contributed by atoms with E-state index in [4.69, 9.17) is 4.74 Å². The van der Waals surface area contributed by atoms with Gasteiger partial charge in [-0.3, -0.25) is 14.5 Å². The van der Waals surface area contributed by atoms with Gasteiger partial charge in [0.15, 0.2) is 5.13 Å². The largest absolute Gasteiger partial charge is 0.481 e. The first-order valence-electron chi connectivity index (χ1n) is 11.3. The fourth-order valence-corrected chi connectivity index (χ4v) is 4.78. The highest BCUT2D eigenvalue weighted by molar-refractivity contribution is 7.14. The second-order valence-electron chi connectivity index (χ2n) is 8.30. The number of carboxylic acids is 1. The quantitative estimate of drug-likeness (QED) is 0.313. The van der Waals surface area contributed by atoms with E-state index in [1.54, 1.807) is 17.5 Å². The van der Waals surface area contributed by atoms with Gasteiger partial charge in [0.05, 0.1) is 25.1 Å². The molecule has 0 spiro atoms. The molecule has 190 valence electrons. The molecule has 2 aromatic heterocycles. The maximum atomic E-state index is 14.9. The first kappa shape index (κ1) is 25.9. The zero-order valence-electron chi connectivity index (χ0n) is 20.0. The summed E-state index contributed by atoms with van der Waals surface area (Å²) in [6, 6.07) is 14.3. The lowest BCUT2D eigenvalue weighted by atomic mass is 9.95. The number of thiazole rings is 1. The van der Waals surface area contributed by atoms with Crippen molar-refractivity contribution in [2.24, 2.45) is 5.92 Å². The van der Waals surface area contributed by atoms with Crippen molar-refractivity contribution in [3.8, 4) is 28.3 Å². The monoisotopic (exact) mass is 523 g/mol. The molecule has 1 atom stereocenters. The first-order valence-corrected chi connectivity index (χ1v) is 12.1. The van der Waals surface area contributed by atoms with Crippen molar-refractivity contribution < 1.29 is 28.2 Å². The van der Waals surface area contributed by atoms with Crippen molar-refractivity contribution >= 4 is 28.3 Å². The Labute approximate surface area is 216 Å². The number of pyridine rings is 1. The summed E-state index contributed by atoms with van der Waals surface area (Å²) < 4.78 is 34.2. The van der Waals surface area contributed by atoms with Gasteiger partial charge >= 0.3 is 5.97 Å². The summed E-state index contributed by atoms with van der Waals surface area (Å²) >= 11 is 1.11. The molecule has 2 heterocycles. The van der Waals surface area contributed by atoms with Crippen molar-refractivity contribution in [3.05, 3.63) is 83.4 Å². The number of aromatic nitrogens is 2.